The Bertz CT molecular complexity index is 520. The van der Waals surface area contributed by atoms with Crippen LogP contribution < -0.4 is 0 Å². The number of hydrogen-bond acceptors (Lipinski definition) is 2. The summed E-state index contributed by atoms with van der Waals surface area (Å²) in [7, 11) is 0. The summed E-state index contributed by atoms with van der Waals surface area (Å²) < 4.78 is 0. The second-order valence-corrected chi connectivity index (χ2v) is 3.34. The molecule has 0 aliphatic carbocycles. The minimum Gasteiger partial charge on any atom is -0.478 e. The van der Waals surface area contributed by atoms with Crippen LogP contribution in [0.4, 0.5) is 0 Å². The van der Waals surface area contributed by atoms with Gasteiger partial charge < -0.3 is 5.11 Å². The van der Waals surface area contributed by atoms with Gasteiger partial charge in [-0.1, -0.05) is 25.1 Å². The highest BCUT2D eigenvalue weighted by Gasteiger charge is 2.09. The van der Waals surface area contributed by atoms with Crippen LogP contribution in [0.25, 0.3) is 10.9 Å². The maximum Gasteiger partial charge on any atom is 0.337 e. The van der Waals surface area contributed by atoms with Gasteiger partial charge in [-0.3, -0.25) is 4.98 Å². The van der Waals surface area contributed by atoms with Crippen molar-refractivity contribution in [2.75, 3.05) is 0 Å². The van der Waals surface area contributed by atoms with Gasteiger partial charge in [-0.15, -0.1) is 0 Å². The lowest BCUT2D eigenvalue weighted by molar-refractivity contribution is 0.0699. The number of para-hydroxylation sites is 1. The van der Waals surface area contributed by atoms with Crippen LogP contribution in [0.15, 0.2) is 30.3 Å². The van der Waals surface area contributed by atoms with Gasteiger partial charge >= 0.3 is 5.97 Å². The van der Waals surface area contributed by atoms with Crippen LogP contribution >= 0.6 is 0 Å². The zero-order valence-electron chi connectivity index (χ0n) is 8.40. The van der Waals surface area contributed by atoms with E-state index in [0.717, 1.165) is 17.5 Å². The van der Waals surface area contributed by atoms with Crippen molar-refractivity contribution >= 4 is 16.9 Å². The third-order valence-electron chi connectivity index (χ3n) is 2.37. The van der Waals surface area contributed by atoms with Crippen molar-refractivity contribution in [2.45, 2.75) is 13.3 Å². The molecular weight excluding hydrogens is 190 g/mol. The van der Waals surface area contributed by atoms with Crippen LogP contribution in [0.5, 0.6) is 0 Å². The Kier molecular flexibility index (Phi) is 2.37. The van der Waals surface area contributed by atoms with E-state index < -0.39 is 5.97 Å². The maximum absolute atomic E-state index is 11.0. The molecule has 1 aromatic carbocycles. The number of aryl methyl sites for hydroxylation is 1. The van der Waals surface area contributed by atoms with Gasteiger partial charge in [0.2, 0.25) is 0 Å². The summed E-state index contributed by atoms with van der Waals surface area (Å²) >= 11 is 0. The quantitative estimate of drug-likeness (QED) is 0.812. The van der Waals surface area contributed by atoms with Crippen LogP contribution in [-0.4, -0.2) is 16.1 Å². The van der Waals surface area contributed by atoms with E-state index >= 15 is 0 Å². The van der Waals surface area contributed by atoms with Crippen molar-refractivity contribution in [3.63, 3.8) is 0 Å². The molecule has 0 bridgehead atoms. The topological polar surface area (TPSA) is 50.2 Å². The molecule has 0 aliphatic heterocycles. The summed E-state index contributed by atoms with van der Waals surface area (Å²) in [6.07, 6.45) is 0.809. The number of rotatable bonds is 2. The number of aromatic carboxylic acids is 1. The fourth-order valence-corrected chi connectivity index (χ4v) is 1.56. The normalized spacial score (nSPS) is 10.5. The molecule has 3 heteroatoms. The zero-order chi connectivity index (χ0) is 10.8. The first-order valence-electron chi connectivity index (χ1n) is 4.84. The van der Waals surface area contributed by atoms with E-state index in [-0.39, 0.29) is 5.56 Å². The lowest BCUT2D eigenvalue weighted by Crippen LogP contribution is -1.99. The van der Waals surface area contributed by atoms with Crippen molar-refractivity contribution in [3.05, 3.63) is 41.6 Å². The number of carboxylic acid groups (broad SMARTS) is 1. The summed E-state index contributed by atoms with van der Waals surface area (Å²) in [5, 5.41) is 9.87. The number of aromatic nitrogens is 1. The molecule has 2 rings (SSSR count). The molecule has 0 unspecified atom stereocenters. The molecule has 1 N–H and O–H groups in total. The Balaban J connectivity index is 2.76. The average Bonchev–Trinajstić information content (AvgIpc) is 2.27. The summed E-state index contributed by atoms with van der Waals surface area (Å²) in [5.41, 5.74) is 1.75. The molecule has 0 fully saturated rings. The highest BCUT2D eigenvalue weighted by Crippen LogP contribution is 2.17. The minimum absolute atomic E-state index is 0.266. The van der Waals surface area contributed by atoms with Crippen LogP contribution in [0.1, 0.15) is 23.0 Å². The average molecular weight is 201 g/mol. The van der Waals surface area contributed by atoms with E-state index in [1.807, 2.05) is 25.1 Å². The molecule has 0 amide bonds. The van der Waals surface area contributed by atoms with Gasteiger partial charge in [0, 0.05) is 11.1 Å². The Hall–Kier alpha value is -1.90. The Morgan fingerprint density at radius 1 is 1.33 bits per heavy atom. The van der Waals surface area contributed by atoms with Gasteiger partial charge in [-0.25, -0.2) is 4.79 Å². The first-order chi connectivity index (χ1) is 7.22. The fraction of sp³-hybridized carbons (Fsp3) is 0.167. The van der Waals surface area contributed by atoms with E-state index in [1.165, 1.54) is 0 Å². The first-order valence-corrected chi connectivity index (χ1v) is 4.84. The summed E-state index contributed by atoms with van der Waals surface area (Å²) in [6, 6.07) is 9.02. The molecule has 3 nitrogen and oxygen atoms in total. The van der Waals surface area contributed by atoms with Crippen molar-refractivity contribution in [1.82, 2.24) is 4.98 Å². The van der Waals surface area contributed by atoms with E-state index in [9.17, 15) is 4.79 Å². The first kappa shape index (κ1) is 9.65. The molecule has 0 atom stereocenters. The van der Waals surface area contributed by atoms with Crippen molar-refractivity contribution < 1.29 is 9.90 Å². The van der Waals surface area contributed by atoms with Gasteiger partial charge in [-0.05, 0) is 18.6 Å². The van der Waals surface area contributed by atoms with Crippen LogP contribution in [0, 0.1) is 0 Å². The lowest BCUT2D eigenvalue weighted by Gasteiger charge is -2.03. The Morgan fingerprint density at radius 3 is 2.80 bits per heavy atom. The molecule has 76 valence electrons. The SMILES string of the molecule is CCc1ccc2cccc(C(=O)O)c2n1. The zero-order valence-corrected chi connectivity index (χ0v) is 8.40. The largest absolute Gasteiger partial charge is 0.478 e. The van der Waals surface area contributed by atoms with Gasteiger partial charge in [0.15, 0.2) is 0 Å². The number of fused-ring (bicyclic) bond motifs is 1. The van der Waals surface area contributed by atoms with Crippen LogP contribution in [-0.2, 0) is 6.42 Å². The van der Waals surface area contributed by atoms with Crippen molar-refractivity contribution in [1.29, 1.82) is 0 Å². The predicted octanol–water partition coefficient (Wildman–Crippen LogP) is 2.50. The van der Waals surface area contributed by atoms with Crippen molar-refractivity contribution in [3.8, 4) is 0 Å². The summed E-state index contributed by atoms with van der Waals surface area (Å²) in [5.74, 6) is -0.929. The number of pyridine rings is 1. The van der Waals surface area contributed by atoms with E-state index in [1.54, 1.807) is 12.1 Å². The third kappa shape index (κ3) is 1.68. The molecule has 2 aromatic rings. The highest BCUT2D eigenvalue weighted by atomic mass is 16.4. The van der Waals surface area contributed by atoms with E-state index in [0.29, 0.717) is 5.52 Å². The fourth-order valence-electron chi connectivity index (χ4n) is 1.56. The number of carboxylic acids is 1. The van der Waals surface area contributed by atoms with Crippen LogP contribution in [0.2, 0.25) is 0 Å². The second-order valence-electron chi connectivity index (χ2n) is 3.34. The van der Waals surface area contributed by atoms with Gasteiger partial charge in [0.1, 0.15) is 0 Å². The maximum atomic E-state index is 11.0. The van der Waals surface area contributed by atoms with Crippen molar-refractivity contribution in [2.24, 2.45) is 0 Å². The smallest absolute Gasteiger partial charge is 0.337 e. The van der Waals surface area contributed by atoms with E-state index in [4.69, 9.17) is 5.11 Å². The Labute approximate surface area is 87.4 Å². The second kappa shape index (κ2) is 3.69. The van der Waals surface area contributed by atoms with Gasteiger partial charge in [0.05, 0.1) is 11.1 Å². The molecule has 0 saturated carbocycles. The van der Waals surface area contributed by atoms with E-state index in [2.05, 4.69) is 4.98 Å². The number of carbonyl (C=O) groups is 1. The molecule has 0 spiro atoms. The highest BCUT2D eigenvalue weighted by molar-refractivity contribution is 6.01. The van der Waals surface area contributed by atoms with Gasteiger partial charge in [0.25, 0.3) is 0 Å². The summed E-state index contributed by atoms with van der Waals surface area (Å²) in [4.78, 5) is 15.3. The molecule has 1 aromatic heterocycles. The molecule has 15 heavy (non-hydrogen) atoms. The van der Waals surface area contributed by atoms with Crippen LogP contribution in [0.3, 0.4) is 0 Å². The standard InChI is InChI=1S/C12H11NO2/c1-2-9-7-6-8-4-3-5-10(12(14)15)11(8)13-9/h3-7H,2H2,1H3,(H,14,15). The lowest BCUT2D eigenvalue weighted by atomic mass is 10.1. The number of nitrogens with zero attached hydrogens (tertiary/aromatic N) is 1. The molecule has 0 saturated heterocycles. The van der Waals surface area contributed by atoms with Gasteiger partial charge in [-0.2, -0.15) is 0 Å². The minimum atomic E-state index is -0.929. The number of benzene rings is 1. The molecule has 0 radical (unpaired) electrons. The molecular formula is C12H11NO2. The Morgan fingerprint density at radius 2 is 2.13 bits per heavy atom. The molecule has 0 aliphatic rings. The summed E-state index contributed by atoms with van der Waals surface area (Å²) in [6.45, 7) is 2.00. The number of hydrogen-bond donors (Lipinski definition) is 1. The monoisotopic (exact) mass is 201 g/mol. The molecule has 1 heterocycles. The predicted molar refractivity (Wildman–Crippen MR) is 58.1 cm³/mol. The third-order valence-corrected chi connectivity index (χ3v) is 2.37.